The van der Waals surface area contributed by atoms with Crippen LogP contribution in [0.1, 0.15) is 6.92 Å². The molecule has 0 bridgehead atoms. The zero-order chi connectivity index (χ0) is 6.41. The van der Waals surface area contributed by atoms with Crippen LogP contribution in [-0.2, 0) is 0 Å². The lowest BCUT2D eigenvalue weighted by atomic mass is 10.8. The lowest BCUT2D eigenvalue weighted by Crippen LogP contribution is -1.51. The second-order valence-electron chi connectivity index (χ2n) is 1.17. The predicted molar refractivity (Wildman–Crippen MR) is 37.5 cm³/mol. The monoisotopic (exact) mass is 128 g/mol. The Bertz CT molecular complexity index is 118. The molecular formula is C5H8N2S. The molecule has 0 aliphatic carbocycles. The first kappa shape index (κ1) is 7.43. The van der Waals surface area contributed by atoms with E-state index in [4.69, 9.17) is 0 Å². The molecule has 0 aliphatic heterocycles. The van der Waals surface area contributed by atoms with Crippen molar-refractivity contribution in [2.45, 2.75) is 6.92 Å². The number of hydrogen-bond donors (Lipinski definition) is 0. The van der Waals surface area contributed by atoms with Crippen molar-refractivity contribution >= 4 is 11.9 Å². The second kappa shape index (κ2) is 4.59. The van der Waals surface area contributed by atoms with E-state index < -0.39 is 0 Å². The van der Waals surface area contributed by atoms with Crippen molar-refractivity contribution in [3.05, 3.63) is 24.3 Å². The molecule has 44 valence electrons. The molecular weight excluding hydrogens is 120 g/mol. The van der Waals surface area contributed by atoms with Crippen LogP contribution in [0, 0.1) is 0 Å². The molecule has 0 spiro atoms. The number of nitrogens with zero attached hydrogens (tertiary/aromatic N) is 2. The molecule has 3 heteroatoms. The van der Waals surface area contributed by atoms with Crippen molar-refractivity contribution in [2.24, 2.45) is 9.63 Å². The van der Waals surface area contributed by atoms with Crippen LogP contribution in [0.2, 0.25) is 0 Å². The third-order valence-corrected chi connectivity index (χ3v) is 0.813. The third-order valence-electron chi connectivity index (χ3n) is 0.325. The molecule has 0 saturated carbocycles. The SMILES string of the molecule is C=CN=NSC(=C)C. The Morgan fingerprint density at radius 1 is 1.75 bits per heavy atom. The Morgan fingerprint density at radius 2 is 2.38 bits per heavy atom. The molecule has 0 radical (unpaired) electrons. The number of rotatable bonds is 3. The summed E-state index contributed by atoms with van der Waals surface area (Å²) >= 11 is 1.25. The Kier molecular flexibility index (Phi) is 4.26. The van der Waals surface area contributed by atoms with E-state index in [0.29, 0.717) is 0 Å². The van der Waals surface area contributed by atoms with Crippen LogP contribution in [0.5, 0.6) is 0 Å². The lowest BCUT2D eigenvalue weighted by Gasteiger charge is -1.82. The van der Waals surface area contributed by atoms with Crippen LogP contribution in [-0.4, -0.2) is 0 Å². The van der Waals surface area contributed by atoms with Gasteiger partial charge in [0.25, 0.3) is 0 Å². The molecule has 0 heterocycles. The largest absolute Gasteiger partial charge is 0.152 e. The summed E-state index contributed by atoms with van der Waals surface area (Å²) in [5, 5.41) is 3.50. The van der Waals surface area contributed by atoms with E-state index in [1.54, 1.807) is 0 Å². The molecule has 0 unspecified atom stereocenters. The molecule has 0 aromatic carbocycles. The van der Waals surface area contributed by atoms with Gasteiger partial charge in [-0.05, 0) is 11.8 Å². The Balaban J connectivity index is 3.29. The normalized spacial score (nSPS) is 9.62. The average molecular weight is 128 g/mol. The molecule has 2 nitrogen and oxygen atoms in total. The van der Waals surface area contributed by atoms with Gasteiger partial charge in [0.15, 0.2) is 0 Å². The Labute approximate surface area is 53.5 Å². The van der Waals surface area contributed by atoms with Gasteiger partial charge in [0.1, 0.15) is 0 Å². The Morgan fingerprint density at radius 3 is 2.75 bits per heavy atom. The number of hydrogen-bond acceptors (Lipinski definition) is 3. The van der Waals surface area contributed by atoms with Gasteiger partial charge in [-0.1, -0.05) is 13.2 Å². The van der Waals surface area contributed by atoms with Crippen LogP contribution >= 0.6 is 11.9 Å². The van der Waals surface area contributed by atoms with Crippen molar-refractivity contribution in [3.8, 4) is 0 Å². The van der Waals surface area contributed by atoms with Crippen LogP contribution < -0.4 is 0 Å². The van der Waals surface area contributed by atoms with E-state index in [1.165, 1.54) is 18.1 Å². The van der Waals surface area contributed by atoms with Gasteiger partial charge in [-0.25, -0.2) is 0 Å². The minimum atomic E-state index is 0.926. The van der Waals surface area contributed by atoms with E-state index in [1.807, 2.05) is 6.92 Å². The highest BCUT2D eigenvalue weighted by Gasteiger charge is 1.77. The van der Waals surface area contributed by atoms with Crippen molar-refractivity contribution in [1.29, 1.82) is 0 Å². The molecule has 0 amide bonds. The minimum absolute atomic E-state index is 0.926. The smallest absolute Gasteiger partial charge is 0.0430 e. The lowest BCUT2D eigenvalue weighted by molar-refractivity contribution is 1.35. The maximum absolute atomic E-state index is 3.61. The van der Waals surface area contributed by atoms with E-state index in [2.05, 4.69) is 22.8 Å². The minimum Gasteiger partial charge on any atom is -0.152 e. The fourth-order valence-electron chi connectivity index (χ4n) is 0.127. The van der Waals surface area contributed by atoms with Crippen molar-refractivity contribution in [1.82, 2.24) is 0 Å². The second-order valence-corrected chi connectivity index (χ2v) is 2.22. The highest BCUT2D eigenvalue weighted by atomic mass is 32.2. The molecule has 0 aromatic heterocycles. The van der Waals surface area contributed by atoms with E-state index in [-0.39, 0.29) is 0 Å². The summed E-state index contributed by atoms with van der Waals surface area (Å²) in [5.41, 5.74) is 0. The average Bonchev–Trinajstić information content (AvgIpc) is 1.66. The highest BCUT2D eigenvalue weighted by Crippen LogP contribution is 2.12. The molecule has 0 aromatic rings. The highest BCUT2D eigenvalue weighted by molar-refractivity contribution is 8.01. The van der Waals surface area contributed by atoms with Crippen LogP contribution in [0.3, 0.4) is 0 Å². The van der Waals surface area contributed by atoms with Crippen molar-refractivity contribution in [3.63, 3.8) is 0 Å². The van der Waals surface area contributed by atoms with Crippen LogP contribution in [0.25, 0.3) is 0 Å². The van der Waals surface area contributed by atoms with Gasteiger partial charge in [0.2, 0.25) is 0 Å². The summed E-state index contributed by atoms with van der Waals surface area (Å²) in [6, 6.07) is 0. The summed E-state index contributed by atoms with van der Waals surface area (Å²) in [4.78, 5) is 0.926. The van der Waals surface area contributed by atoms with E-state index in [9.17, 15) is 0 Å². The molecule has 0 aliphatic rings. The van der Waals surface area contributed by atoms with Crippen LogP contribution in [0.4, 0.5) is 0 Å². The van der Waals surface area contributed by atoms with E-state index in [0.717, 1.165) is 4.91 Å². The van der Waals surface area contributed by atoms with Crippen molar-refractivity contribution in [2.75, 3.05) is 0 Å². The van der Waals surface area contributed by atoms with Crippen LogP contribution in [0.15, 0.2) is 33.9 Å². The van der Waals surface area contributed by atoms with Gasteiger partial charge in [0, 0.05) is 18.1 Å². The van der Waals surface area contributed by atoms with Crippen molar-refractivity contribution < 1.29 is 0 Å². The topological polar surface area (TPSA) is 24.7 Å². The molecule has 0 N–H and O–H groups in total. The summed E-state index contributed by atoms with van der Waals surface area (Å²) in [6.07, 6.45) is 1.38. The van der Waals surface area contributed by atoms with E-state index >= 15 is 0 Å². The van der Waals surface area contributed by atoms with Gasteiger partial charge in [-0.3, -0.25) is 0 Å². The van der Waals surface area contributed by atoms with Gasteiger partial charge in [0.05, 0.1) is 0 Å². The maximum Gasteiger partial charge on any atom is 0.0430 e. The van der Waals surface area contributed by atoms with Gasteiger partial charge in [-0.2, -0.15) is 5.11 Å². The first-order valence-corrected chi connectivity index (χ1v) is 2.88. The summed E-state index contributed by atoms with van der Waals surface area (Å²) < 4.78 is 3.61. The number of allylic oxidation sites excluding steroid dienone is 1. The molecule has 8 heavy (non-hydrogen) atoms. The fourth-order valence-corrected chi connectivity index (χ4v) is 0.380. The van der Waals surface area contributed by atoms with Gasteiger partial charge >= 0.3 is 0 Å². The van der Waals surface area contributed by atoms with Gasteiger partial charge in [-0.15, -0.1) is 4.52 Å². The third kappa shape index (κ3) is 5.43. The molecule has 0 rings (SSSR count). The first-order chi connectivity index (χ1) is 3.77. The molecule has 0 saturated heterocycles. The molecule has 0 atom stereocenters. The molecule has 0 fully saturated rings. The summed E-state index contributed by atoms with van der Waals surface area (Å²) in [6.45, 7) is 8.82. The standard InChI is InChI=1S/C5H8N2S/c1-4-6-7-8-5(2)3/h4H,1-2H2,3H3. The zero-order valence-corrected chi connectivity index (χ0v) is 5.61. The summed E-state index contributed by atoms with van der Waals surface area (Å²) in [7, 11) is 0. The fraction of sp³-hybridized carbons (Fsp3) is 0.200. The maximum atomic E-state index is 3.61. The summed E-state index contributed by atoms with van der Waals surface area (Å²) in [5.74, 6) is 0. The Hall–Kier alpha value is -0.570. The predicted octanol–water partition coefficient (Wildman–Crippen LogP) is 2.76. The first-order valence-electron chi connectivity index (χ1n) is 2.11. The quantitative estimate of drug-likeness (QED) is 0.423. The zero-order valence-electron chi connectivity index (χ0n) is 4.79. The van der Waals surface area contributed by atoms with Gasteiger partial charge < -0.3 is 0 Å².